The van der Waals surface area contributed by atoms with Crippen LogP contribution in [0.15, 0.2) is 42.6 Å². The van der Waals surface area contributed by atoms with Gasteiger partial charge in [-0.15, -0.1) is 0 Å². The van der Waals surface area contributed by atoms with Gasteiger partial charge in [0, 0.05) is 11.6 Å². The van der Waals surface area contributed by atoms with Crippen molar-refractivity contribution in [3.63, 3.8) is 0 Å². The maximum atomic E-state index is 5.90. The van der Waals surface area contributed by atoms with Gasteiger partial charge in [-0.05, 0) is 29.8 Å². The molecule has 0 bridgehead atoms. The van der Waals surface area contributed by atoms with Gasteiger partial charge in [0.05, 0.1) is 16.9 Å². The second kappa shape index (κ2) is 3.61. The summed E-state index contributed by atoms with van der Waals surface area (Å²) in [6, 6.07) is 11.7. The Bertz CT molecular complexity index is 632. The van der Waals surface area contributed by atoms with E-state index < -0.39 is 0 Å². The van der Waals surface area contributed by atoms with E-state index >= 15 is 0 Å². The first kappa shape index (κ1) is 9.36. The van der Waals surface area contributed by atoms with Crippen molar-refractivity contribution in [1.29, 1.82) is 0 Å². The summed E-state index contributed by atoms with van der Waals surface area (Å²) in [4.78, 5) is 11.6. The molecule has 0 amide bonds. The van der Waals surface area contributed by atoms with E-state index in [1.807, 2.05) is 42.6 Å². The number of hydrogen-bond acceptors (Lipinski definition) is 2. The van der Waals surface area contributed by atoms with Crippen molar-refractivity contribution in [2.24, 2.45) is 0 Å². The summed E-state index contributed by atoms with van der Waals surface area (Å²) in [5.74, 6) is 0. The molecule has 0 aliphatic heterocycles. The van der Waals surface area contributed by atoms with Gasteiger partial charge in [-0.2, -0.15) is 0 Å². The standard InChI is InChI=1S/C12H8ClN3/c13-12-15-9-5-2-1-4-8(9)11(16-12)10-6-3-7-14-10/h1-7,14H. The van der Waals surface area contributed by atoms with Crippen LogP contribution < -0.4 is 0 Å². The SMILES string of the molecule is Clc1nc(-c2ccc[nH]2)c2ccccc2n1. The van der Waals surface area contributed by atoms with Crippen molar-refractivity contribution < 1.29 is 0 Å². The number of nitrogens with zero attached hydrogens (tertiary/aromatic N) is 2. The number of benzene rings is 1. The molecule has 2 aromatic heterocycles. The topological polar surface area (TPSA) is 41.6 Å². The average molecular weight is 230 g/mol. The van der Waals surface area contributed by atoms with E-state index in [4.69, 9.17) is 11.6 Å². The fourth-order valence-corrected chi connectivity index (χ4v) is 1.91. The number of nitrogens with one attached hydrogen (secondary N) is 1. The smallest absolute Gasteiger partial charge is 0.223 e. The molecule has 16 heavy (non-hydrogen) atoms. The molecule has 78 valence electrons. The lowest BCUT2D eigenvalue weighted by atomic mass is 10.1. The van der Waals surface area contributed by atoms with Crippen molar-refractivity contribution in [2.75, 3.05) is 0 Å². The molecule has 3 aromatic rings. The predicted molar refractivity (Wildman–Crippen MR) is 64.3 cm³/mol. The van der Waals surface area contributed by atoms with Gasteiger partial charge >= 0.3 is 0 Å². The van der Waals surface area contributed by atoms with E-state index in [0.29, 0.717) is 0 Å². The van der Waals surface area contributed by atoms with Gasteiger partial charge in [-0.3, -0.25) is 0 Å². The molecule has 3 nitrogen and oxygen atoms in total. The van der Waals surface area contributed by atoms with Crippen molar-refractivity contribution in [3.05, 3.63) is 47.9 Å². The monoisotopic (exact) mass is 229 g/mol. The van der Waals surface area contributed by atoms with E-state index in [0.717, 1.165) is 22.3 Å². The number of halogens is 1. The molecule has 3 rings (SSSR count). The minimum absolute atomic E-state index is 0.267. The van der Waals surface area contributed by atoms with Gasteiger partial charge in [0.15, 0.2) is 0 Å². The maximum absolute atomic E-state index is 5.90. The van der Waals surface area contributed by atoms with Gasteiger partial charge in [0.25, 0.3) is 0 Å². The normalized spacial score (nSPS) is 10.8. The summed E-state index contributed by atoms with van der Waals surface area (Å²) >= 11 is 5.90. The lowest BCUT2D eigenvalue weighted by Crippen LogP contribution is -1.90. The Hall–Kier alpha value is -1.87. The fourth-order valence-electron chi connectivity index (χ4n) is 1.73. The molecule has 0 radical (unpaired) electrons. The number of rotatable bonds is 1. The molecule has 0 spiro atoms. The van der Waals surface area contributed by atoms with E-state index in [-0.39, 0.29) is 5.28 Å². The zero-order valence-electron chi connectivity index (χ0n) is 8.31. The number of hydrogen-bond donors (Lipinski definition) is 1. The number of H-pyrrole nitrogens is 1. The Kier molecular flexibility index (Phi) is 2.11. The highest BCUT2D eigenvalue weighted by atomic mass is 35.5. The van der Waals surface area contributed by atoms with Crippen LogP contribution in [0, 0.1) is 0 Å². The van der Waals surface area contributed by atoms with E-state index in [9.17, 15) is 0 Å². The molecule has 0 aliphatic rings. The lowest BCUT2D eigenvalue weighted by molar-refractivity contribution is 1.21. The Labute approximate surface area is 97.1 Å². The van der Waals surface area contributed by atoms with Crippen molar-refractivity contribution in [3.8, 4) is 11.4 Å². The first-order valence-electron chi connectivity index (χ1n) is 4.90. The maximum Gasteiger partial charge on any atom is 0.223 e. The van der Waals surface area contributed by atoms with Gasteiger partial charge in [-0.1, -0.05) is 18.2 Å². The van der Waals surface area contributed by atoms with Gasteiger partial charge in [0.1, 0.15) is 0 Å². The Morgan fingerprint density at radius 2 is 1.88 bits per heavy atom. The molecule has 1 N–H and O–H groups in total. The van der Waals surface area contributed by atoms with Crippen LogP contribution in [0.5, 0.6) is 0 Å². The molecule has 0 saturated carbocycles. The zero-order valence-corrected chi connectivity index (χ0v) is 9.07. The zero-order chi connectivity index (χ0) is 11.0. The minimum atomic E-state index is 0.267. The molecule has 0 aliphatic carbocycles. The van der Waals surface area contributed by atoms with Crippen molar-refractivity contribution >= 4 is 22.5 Å². The van der Waals surface area contributed by atoms with Crippen LogP contribution in [0.2, 0.25) is 5.28 Å². The highest BCUT2D eigenvalue weighted by molar-refractivity contribution is 6.28. The van der Waals surface area contributed by atoms with Crippen molar-refractivity contribution in [2.45, 2.75) is 0 Å². The second-order valence-corrected chi connectivity index (χ2v) is 3.78. The third-order valence-corrected chi connectivity index (χ3v) is 2.60. The number of aromatic nitrogens is 3. The van der Waals surface area contributed by atoms with Crippen LogP contribution in [0.25, 0.3) is 22.3 Å². The largest absolute Gasteiger partial charge is 0.360 e. The van der Waals surface area contributed by atoms with E-state index in [1.54, 1.807) is 0 Å². The predicted octanol–water partition coefficient (Wildman–Crippen LogP) is 3.28. The van der Waals surface area contributed by atoms with Crippen LogP contribution in [0.1, 0.15) is 0 Å². The van der Waals surface area contributed by atoms with Crippen LogP contribution in [-0.4, -0.2) is 15.0 Å². The molecule has 4 heteroatoms. The summed E-state index contributed by atoms with van der Waals surface area (Å²) in [6.07, 6.45) is 1.86. The average Bonchev–Trinajstić information content (AvgIpc) is 2.81. The summed E-state index contributed by atoms with van der Waals surface area (Å²) in [6.45, 7) is 0. The Morgan fingerprint density at radius 1 is 1.00 bits per heavy atom. The lowest BCUT2D eigenvalue weighted by Gasteiger charge is -2.03. The number of fused-ring (bicyclic) bond motifs is 1. The molecule has 1 aromatic carbocycles. The highest BCUT2D eigenvalue weighted by Gasteiger charge is 2.08. The molecule has 0 atom stereocenters. The second-order valence-electron chi connectivity index (χ2n) is 3.44. The molecular weight excluding hydrogens is 222 g/mol. The van der Waals surface area contributed by atoms with Gasteiger partial charge in [-0.25, -0.2) is 9.97 Å². The molecule has 2 heterocycles. The summed E-state index contributed by atoms with van der Waals surface area (Å²) < 4.78 is 0. The number of para-hydroxylation sites is 1. The first-order valence-corrected chi connectivity index (χ1v) is 5.28. The molecule has 0 saturated heterocycles. The van der Waals surface area contributed by atoms with E-state index in [2.05, 4.69) is 15.0 Å². The molecular formula is C12H8ClN3. The first-order chi connectivity index (χ1) is 7.84. The van der Waals surface area contributed by atoms with Gasteiger partial charge in [0.2, 0.25) is 5.28 Å². The summed E-state index contributed by atoms with van der Waals surface area (Å²) in [5.41, 5.74) is 2.63. The summed E-state index contributed by atoms with van der Waals surface area (Å²) in [5, 5.41) is 1.26. The minimum Gasteiger partial charge on any atom is -0.360 e. The van der Waals surface area contributed by atoms with Gasteiger partial charge < -0.3 is 4.98 Å². The van der Waals surface area contributed by atoms with Crippen LogP contribution in [0.4, 0.5) is 0 Å². The Morgan fingerprint density at radius 3 is 2.69 bits per heavy atom. The van der Waals surface area contributed by atoms with Crippen LogP contribution in [0.3, 0.4) is 0 Å². The highest BCUT2D eigenvalue weighted by Crippen LogP contribution is 2.25. The molecule has 0 unspecified atom stereocenters. The summed E-state index contributed by atoms with van der Waals surface area (Å²) in [7, 11) is 0. The van der Waals surface area contributed by atoms with Crippen molar-refractivity contribution in [1.82, 2.24) is 15.0 Å². The third-order valence-electron chi connectivity index (χ3n) is 2.43. The number of aromatic amines is 1. The quantitative estimate of drug-likeness (QED) is 0.651. The van der Waals surface area contributed by atoms with Crippen LogP contribution >= 0.6 is 11.6 Å². The fraction of sp³-hybridized carbons (Fsp3) is 0. The Balaban J connectivity index is 2.39. The molecule has 0 fully saturated rings. The third kappa shape index (κ3) is 1.46. The van der Waals surface area contributed by atoms with E-state index in [1.165, 1.54) is 0 Å². The van der Waals surface area contributed by atoms with Crippen LogP contribution in [-0.2, 0) is 0 Å².